The Balaban J connectivity index is 1.60. The van der Waals surface area contributed by atoms with Gasteiger partial charge in [-0.05, 0) is 25.0 Å². The molecular formula is C12H19N5. The standard InChI is InChI=1S/C12H19N5/c13-9-10-1-4-12(15-14-10)17-7-5-16(6-8-17)11-2-3-11/h1,4,11H,2-3,5-9,13H2. The molecule has 0 aromatic carbocycles. The van der Waals surface area contributed by atoms with E-state index in [1.165, 1.54) is 12.8 Å². The molecular weight excluding hydrogens is 214 g/mol. The van der Waals surface area contributed by atoms with Crippen molar-refractivity contribution in [2.24, 2.45) is 5.73 Å². The fraction of sp³-hybridized carbons (Fsp3) is 0.667. The fourth-order valence-electron chi connectivity index (χ4n) is 2.39. The van der Waals surface area contributed by atoms with Crippen molar-refractivity contribution < 1.29 is 0 Å². The number of anilines is 1. The highest BCUT2D eigenvalue weighted by Gasteiger charge is 2.31. The van der Waals surface area contributed by atoms with E-state index in [2.05, 4.69) is 20.0 Å². The Morgan fingerprint density at radius 3 is 2.41 bits per heavy atom. The first-order valence-corrected chi connectivity index (χ1v) is 6.38. The summed E-state index contributed by atoms with van der Waals surface area (Å²) in [6, 6.07) is 4.88. The van der Waals surface area contributed by atoms with Gasteiger partial charge in [-0.3, -0.25) is 4.90 Å². The van der Waals surface area contributed by atoms with Gasteiger partial charge in [0.25, 0.3) is 0 Å². The molecule has 1 saturated heterocycles. The van der Waals surface area contributed by atoms with E-state index in [0.29, 0.717) is 6.54 Å². The third kappa shape index (κ3) is 2.40. The molecule has 5 nitrogen and oxygen atoms in total. The number of rotatable bonds is 3. The molecule has 5 heteroatoms. The predicted molar refractivity (Wildman–Crippen MR) is 66.7 cm³/mol. The Morgan fingerprint density at radius 2 is 1.88 bits per heavy atom. The summed E-state index contributed by atoms with van der Waals surface area (Å²) in [4.78, 5) is 4.91. The lowest BCUT2D eigenvalue weighted by Crippen LogP contribution is -2.47. The molecule has 17 heavy (non-hydrogen) atoms. The second-order valence-electron chi connectivity index (χ2n) is 4.84. The van der Waals surface area contributed by atoms with Gasteiger partial charge < -0.3 is 10.6 Å². The monoisotopic (exact) mass is 233 g/mol. The van der Waals surface area contributed by atoms with Gasteiger partial charge in [0.05, 0.1) is 5.69 Å². The second-order valence-corrected chi connectivity index (χ2v) is 4.84. The maximum Gasteiger partial charge on any atom is 0.151 e. The first-order chi connectivity index (χ1) is 8.36. The van der Waals surface area contributed by atoms with Gasteiger partial charge >= 0.3 is 0 Å². The zero-order valence-corrected chi connectivity index (χ0v) is 10.0. The third-order valence-electron chi connectivity index (χ3n) is 3.62. The average molecular weight is 233 g/mol. The Labute approximate surface area is 102 Å². The van der Waals surface area contributed by atoms with Crippen LogP contribution in [-0.2, 0) is 6.54 Å². The van der Waals surface area contributed by atoms with Gasteiger partial charge in [-0.1, -0.05) is 0 Å². The molecule has 1 aliphatic carbocycles. The van der Waals surface area contributed by atoms with E-state index < -0.39 is 0 Å². The minimum atomic E-state index is 0.461. The quantitative estimate of drug-likeness (QED) is 0.809. The van der Waals surface area contributed by atoms with Gasteiger partial charge in [0.2, 0.25) is 0 Å². The van der Waals surface area contributed by atoms with Crippen molar-refractivity contribution in [1.82, 2.24) is 15.1 Å². The summed E-state index contributed by atoms with van der Waals surface area (Å²) in [5, 5.41) is 8.34. The number of nitrogens with zero attached hydrogens (tertiary/aromatic N) is 4. The van der Waals surface area contributed by atoms with Gasteiger partial charge in [-0.2, -0.15) is 5.10 Å². The summed E-state index contributed by atoms with van der Waals surface area (Å²) >= 11 is 0. The van der Waals surface area contributed by atoms with Crippen LogP contribution >= 0.6 is 0 Å². The molecule has 2 fully saturated rings. The average Bonchev–Trinajstić information content (AvgIpc) is 3.24. The molecule has 2 heterocycles. The van der Waals surface area contributed by atoms with Crippen molar-refractivity contribution in [2.75, 3.05) is 31.1 Å². The molecule has 3 rings (SSSR count). The number of hydrogen-bond donors (Lipinski definition) is 1. The lowest BCUT2D eigenvalue weighted by molar-refractivity contribution is 0.247. The molecule has 0 radical (unpaired) electrons. The van der Waals surface area contributed by atoms with E-state index in [9.17, 15) is 0 Å². The van der Waals surface area contributed by atoms with Crippen LogP contribution in [0, 0.1) is 0 Å². The number of aromatic nitrogens is 2. The Bertz CT molecular complexity index is 365. The maximum atomic E-state index is 5.51. The van der Waals surface area contributed by atoms with Crippen LogP contribution in [0.4, 0.5) is 5.82 Å². The molecule has 0 unspecified atom stereocenters. The van der Waals surface area contributed by atoms with E-state index in [-0.39, 0.29) is 0 Å². The zero-order valence-electron chi connectivity index (χ0n) is 10.0. The molecule has 1 aromatic heterocycles. The van der Waals surface area contributed by atoms with Gasteiger partial charge in [-0.25, -0.2) is 0 Å². The van der Waals surface area contributed by atoms with Crippen LogP contribution in [0.15, 0.2) is 12.1 Å². The van der Waals surface area contributed by atoms with Crippen LogP contribution in [0.1, 0.15) is 18.5 Å². The normalized spacial score (nSPS) is 21.8. The highest BCUT2D eigenvalue weighted by atomic mass is 15.3. The van der Waals surface area contributed by atoms with E-state index in [1.807, 2.05) is 12.1 Å². The van der Waals surface area contributed by atoms with Gasteiger partial charge in [0, 0.05) is 38.8 Å². The molecule has 0 spiro atoms. The predicted octanol–water partition coefficient (Wildman–Crippen LogP) is 0.220. The largest absolute Gasteiger partial charge is 0.353 e. The van der Waals surface area contributed by atoms with Crippen LogP contribution in [0.3, 0.4) is 0 Å². The molecule has 92 valence electrons. The van der Waals surface area contributed by atoms with E-state index in [4.69, 9.17) is 5.73 Å². The topological polar surface area (TPSA) is 58.3 Å². The highest BCUT2D eigenvalue weighted by molar-refractivity contribution is 5.38. The molecule has 1 aliphatic heterocycles. The Morgan fingerprint density at radius 1 is 1.12 bits per heavy atom. The number of hydrogen-bond acceptors (Lipinski definition) is 5. The zero-order chi connectivity index (χ0) is 11.7. The summed E-state index contributed by atoms with van der Waals surface area (Å²) in [6.07, 6.45) is 2.79. The molecule has 1 saturated carbocycles. The van der Waals surface area contributed by atoms with Crippen molar-refractivity contribution >= 4 is 5.82 Å². The highest BCUT2D eigenvalue weighted by Crippen LogP contribution is 2.28. The van der Waals surface area contributed by atoms with Crippen molar-refractivity contribution in [3.05, 3.63) is 17.8 Å². The molecule has 0 amide bonds. The van der Waals surface area contributed by atoms with Crippen molar-refractivity contribution in [1.29, 1.82) is 0 Å². The smallest absolute Gasteiger partial charge is 0.151 e. The van der Waals surface area contributed by atoms with Crippen LogP contribution in [0.2, 0.25) is 0 Å². The van der Waals surface area contributed by atoms with E-state index >= 15 is 0 Å². The molecule has 1 aromatic rings. The number of piperazine rings is 1. The van der Waals surface area contributed by atoms with Crippen LogP contribution in [0.5, 0.6) is 0 Å². The summed E-state index contributed by atoms with van der Waals surface area (Å²) in [5.74, 6) is 0.984. The Kier molecular flexibility index (Phi) is 2.94. The minimum Gasteiger partial charge on any atom is -0.353 e. The lowest BCUT2D eigenvalue weighted by Gasteiger charge is -2.35. The minimum absolute atomic E-state index is 0.461. The molecule has 0 atom stereocenters. The van der Waals surface area contributed by atoms with Crippen molar-refractivity contribution in [3.63, 3.8) is 0 Å². The van der Waals surface area contributed by atoms with Crippen LogP contribution in [-0.4, -0.2) is 47.3 Å². The van der Waals surface area contributed by atoms with E-state index in [1.54, 1.807) is 0 Å². The van der Waals surface area contributed by atoms with Crippen molar-refractivity contribution in [3.8, 4) is 0 Å². The molecule has 2 aliphatic rings. The van der Waals surface area contributed by atoms with Crippen LogP contribution in [0.25, 0.3) is 0 Å². The summed E-state index contributed by atoms with van der Waals surface area (Å²) < 4.78 is 0. The van der Waals surface area contributed by atoms with Crippen molar-refractivity contribution in [2.45, 2.75) is 25.4 Å². The third-order valence-corrected chi connectivity index (χ3v) is 3.62. The van der Waals surface area contributed by atoms with Crippen LogP contribution < -0.4 is 10.6 Å². The first-order valence-electron chi connectivity index (χ1n) is 6.38. The van der Waals surface area contributed by atoms with E-state index in [0.717, 1.165) is 43.7 Å². The first kappa shape index (κ1) is 10.9. The second kappa shape index (κ2) is 4.58. The number of nitrogens with two attached hydrogens (primary N) is 1. The molecule has 2 N–H and O–H groups in total. The van der Waals surface area contributed by atoms with Gasteiger partial charge in [0.15, 0.2) is 5.82 Å². The Hall–Kier alpha value is -1.20. The summed E-state index contributed by atoms with van der Waals surface area (Å²) in [5.41, 5.74) is 6.37. The maximum absolute atomic E-state index is 5.51. The fourth-order valence-corrected chi connectivity index (χ4v) is 2.39. The summed E-state index contributed by atoms with van der Waals surface area (Å²) in [6.45, 7) is 4.90. The summed E-state index contributed by atoms with van der Waals surface area (Å²) in [7, 11) is 0. The SMILES string of the molecule is NCc1ccc(N2CCN(C3CC3)CC2)nn1. The van der Waals surface area contributed by atoms with Gasteiger partial charge in [-0.15, -0.1) is 5.10 Å². The van der Waals surface area contributed by atoms with Gasteiger partial charge in [0.1, 0.15) is 0 Å². The lowest BCUT2D eigenvalue weighted by atomic mass is 10.3. The molecule has 0 bridgehead atoms.